The highest BCUT2D eigenvalue weighted by Gasteiger charge is 2.22. The maximum atomic E-state index is 9.47. The van der Waals surface area contributed by atoms with Crippen LogP contribution in [0.25, 0.3) is 0 Å². The van der Waals surface area contributed by atoms with Crippen molar-refractivity contribution in [2.45, 2.75) is 19.1 Å². The maximum Gasteiger partial charge on any atom is 0.119 e. The minimum atomic E-state index is -0.419. The van der Waals surface area contributed by atoms with Crippen LogP contribution in [0.2, 0.25) is 0 Å². The molecule has 0 saturated heterocycles. The van der Waals surface area contributed by atoms with Crippen molar-refractivity contribution in [2.75, 3.05) is 13.7 Å². The largest absolute Gasteiger partial charge is 0.489 e. The number of rotatable bonds is 6. The summed E-state index contributed by atoms with van der Waals surface area (Å²) in [5.41, 5.74) is 1.76. The zero-order chi connectivity index (χ0) is 14.4. The number of benzene rings is 2. The zero-order valence-corrected chi connectivity index (χ0v) is 12.0. The van der Waals surface area contributed by atoms with Gasteiger partial charge in [0.1, 0.15) is 12.4 Å². The number of hydrogen-bond acceptors (Lipinski definition) is 3. The normalized spacial score (nSPS) is 13.8. The number of aliphatic hydroxyl groups excluding tert-OH is 1. The van der Waals surface area contributed by atoms with Crippen LogP contribution in [0.3, 0.4) is 0 Å². The van der Waals surface area contributed by atoms with E-state index in [1.165, 1.54) is 0 Å². The summed E-state index contributed by atoms with van der Waals surface area (Å²) in [6.45, 7) is 2.57. The van der Waals surface area contributed by atoms with E-state index < -0.39 is 5.54 Å². The molecule has 0 spiro atoms. The van der Waals surface area contributed by atoms with Crippen LogP contribution in [-0.2, 0) is 12.1 Å². The van der Waals surface area contributed by atoms with Crippen LogP contribution < -0.4 is 10.1 Å². The fourth-order valence-electron chi connectivity index (χ4n) is 1.97. The van der Waals surface area contributed by atoms with Gasteiger partial charge in [0.2, 0.25) is 0 Å². The van der Waals surface area contributed by atoms with E-state index in [1.807, 2.05) is 68.6 Å². The summed E-state index contributed by atoms with van der Waals surface area (Å²) in [6, 6.07) is 17.9. The van der Waals surface area contributed by atoms with Crippen molar-refractivity contribution in [3.63, 3.8) is 0 Å². The first-order valence-corrected chi connectivity index (χ1v) is 6.75. The van der Waals surface area contributed by atoms with Gasteiger partial charge in [-0.05, 0) is 37.2 Å². The molecule has 2 rings (SSSR count). The van der Waals surface area contributed by atoms with Crippen LogP contribution in [0.5, 0.6) is 5.75 Å². The molecule has 0 aliphatic carbocycles. The lowest BCUT2D eigenvalue weighted by atomic mass is 9.93. The molecule has 106 valence electrons. The number of hydrogen-bond donors (Lipinski definition) is 2. The van der Waals surface area contributed by atoms with E-state index in [9.17, 15) is 5.11 Å². The molecule has 0 fully saturated rings. The molecule has 0 aliphatic heterocycles. The second-order valence-corrected chi connectivity index (χ2v) is 5.04. The van der Waals surface area contributed by atoms with E-state index in [2.05, 4.69) is 5.32 Å². The zero-order valence-electron chi connectivity index (χ0n) is 12.0. The Morgan fingerprint density at radius 1 is 1.05 bits per heavy atom. The Balaban J connectivity index is 2.02. The Kier molecular flexibility index (Phi) is 4.77. The first-order valence-electron chi connectivity index (χ1n) is 6.75. The second-order valence-electron chi connectivity index (χ2n) is 5.04. The molecule has 20 heavy (non-hydrogen) atoms. The summed E-state index contributed by atoms with van der Waals surface area (Å²) < 4.78 is 5.74. The van der Waals surface area contributed by atoms with Gasteiger partial charge < -0.3 is 15.2 Å². The third kappa shape index (κ3) is 3.38. The van der Waals surface area contributed by atoms with Gasteiger partial charge in [0.25, 0.3) is 0 Å². The predicted molar refractivity (Wildman–Crippen MR) is 80.7 cm³/mol. The van der Waals surface area contributed by atoms with Gasteiger partial charge in [-0.3, -0.25) is 0 Å². The molecule has 0 saturated carbocycles. The minimum absolute atomic E-state index is 0.0493. The van der Waals surface area contributed by atoms with E-state index in [1.54, 1.807) is 0 Å². The van der Waals surface area contributed by atoms with Crippen molar-refractivity contribution in [2.24, 2.45) is 0 Å². The van der Waals surface area contributed by atoms with Crippen molar-refractivity contribution in [3.05, 3.63) is 65.7 Å². The van der Waals surface area contributed by atoms with Gasteiger partial charge in [-0.2, -0.15) is 0 Å². The standard InChI is InChI=1S/C17H21NO2/c1-17(13-19,18-2)15-8-10-16(11-9-15)20-12-14-6-4-3-5-7-14/h3-11,18-19H,12-13H2,1-2H3. The van der Waals surface area contributed by atoms with Gasteiger partial charge in [0, 0.05) is 0 Å². The Hall–Kier alpha value is -1.84. The Morgan fingerprint density at radius 2 is 1.70 bits per heavy atom. The fourth-order valence-corrected chi connectivity index (χ4v) is 1.97. The van der Waals surface area contributed by atoms with E-state index in [4.69, 9.17) is 4.74 Å². The summed E-state index contributed by atoms with van der Waals surface area (Å²) >= 11 is 0. The molecule has 3 nitrogen and oxygen atoms in total. The second kappa shape index (κ2) is 6.55. The molecule has 1 unspecified atom stereocenters. The van der Waals surface area contributed by atoms with Crippen molar-refractivity contribution in [3.8, 4) is 5.75 Å². The lowest BCUT2D eigenvalue weighted by Crippen LogP contribution is -2.40. The fraction of sp³-hybridized carbons (Fsp3) is 0.294. The highest BCUT2D eigenvalue weighted by molar-refractivity contribution is 5.32. The molecule has 2 aromatic rings. The molecule has 0 heterocycles. The van der Waals surface area contributed by atoms with Gasteiger partial charge >= 0.3 is 0 Å². The molecule has 0 bridgehead atoms. The highest BCUT2D eigenvalue weighted by atomic mass is 16.5. The molecule has 0 aliphatic rings. The first-order chi connectivity index (χ1) is 9.68. The average molecular weight is 271 g/mol. The molecule has 2 aromatic carbocycles. The molecule has 0 aromatic heterocycles. The van der Waals surface area contributed by atoms with Crippen LogP contribution in [0.4, 0.5) is 0 Å². The van der Waals surface area contributed by atoms with Gasteiger partial charge in [-0.1, -0.05) is 42.5 Å². The highest BCUT2D eigenvalue weighted by Crippen LogP contribution is 2.23. The number of likely N-dealkylation sites (N-methyl/N-ethyl adjacent to an activating group) is 1. The topological polar surface area (TPSA) is 41.5 Å². The maximum absolute atomic E-state index is 9.47. The van der Waals surface area contributed by atoms with E-state index in [0.29, 0.717) is 6.61 Å². The minimum Gasteiger partial charge on any atom is -0.489 e. The van der Waals surface area contributed by atoms with Crippen LogP contribution in [0.15, 0.2) is 54.6 Å². The third-order valence-corrected chi connectivity index (χ3v) is 3.61. The average Bonchev–Trinajstić information content (AvgIpc) is 2.53. The number of ether oxygens (including phenoxy) is 1. The van der Waals surface area contributed by atoms with Crippen molar-refractivity contribution in [1.82, 2.24) is 5.32 Å². The predicted octanol–water partition coefficient (Wildman–Crippen LogP) is 2.69. The summed E-state index contributed by atoms with van der Waals surface area (Å²) in [5, 5.41) is 12.6. The third-order valence-electron chi connectivity index (χ3n) is 3.61. The van der Waals surface area contributed by atoms with Crippen LogP contribution >= 0.6 is 0 Å². The van der Waals surface area contributed by atoms with E-state index in [-0.39, 0.29) is 6.61 Å². The SMILES string of the molecule is CNC(C)(CO)c1ccc(OCc2ccccc2)cc1. The quantitative estimate of drug-likeness (QED) is 0.849. The van der Waals surface area contributed by atoms with E-state index in [0.717, 1.165) is 16.9 Å². The van der Waals surface area contributed by atoms with Crippen LogP contribution in [0, 0.1) is 0 Å². The smallest absolute Gasteiger partial charge is 0.119 e. The Labute approximate surface area is 120 Å². The molecular weight excluding hydrogens is 250 g/mol. The molecule has 1 atom stereocenters. The van der Waals surface area contributed by atoms with Gasteiger partial charge in [0.05, 0.1) is 12.1 Å². The Bertz CT molecular complexity index is 518. The lowest BCUT2D eigenvalue weighted by molar-refractivity contribution is 0.183. The lowest BCUT2D eigenvalue weighted by Gasteiger charge is -2.27. The van der Waals surface area contributed by atoms with Crippen molar-refractivity contribution < 1.29 is 9.84 Å². The molecule has 0 radical (unpaired) electrons. The Morgan fingerprint density at radius 3 is 2.25 bits per heavy atom. The first kappa shape index (κ1) is 14.6. The van der Waals surface area contributed by atoms with Gasteiger partial charge in [-0.15, -0.1) is 0 Å². The molecule has 3 heteroatoms. The van der Waals surface area contributed by atoms with Crippen molar-refractivity contribution in [1.29, 1.82) is 0 Å². The monoisotopic (exact) mass is 271 g/mol. The summed E-state index contributed by atoms with van der Waals surface area (Å²) in [5.74, 6) is 0.828. The number of nitrogens with one attached hydrogen (secondary N) is 1. The molecular formula is C17H21NO2. The van der Waals surface area contributed by atoms with Crippen molar-refractivity contribution >= 4 is 0 Å². The summed E-state index contributed by atoms with van der Waals surface area (Å²) in [4.78, 5) is 0. The summed E-state index contributed by atoms with van der Waals surface area (Å²) in [7, 11) is 1.84. The van der Waals surface area contributed by atoms with Crippen LogP contribution in [-0.4, -0.2) is 18.8 Å². The molecule has 0 amide bonds. The van der Waals surface area contributed by atoms with Gasteiger partial charge in [0.15, 0.2) is 0 Å². The summed E-state index contributed by atoms with van der Waals surface area (Å²) in [6.07, 6.45) is 0. The van der Waals surface area contributed by atoms with Gasteiger partial charge in [-0.25, -0.2) is 0 Å². The molecule has 2 N–H and O–H groups in total. The number of aliphatic hydroxyl groups is 1. The van der Waals surface area contributed by atoms with E-state index >= 15 is 0 Å². The van der Waals surface area contributed by atoms with Crippen LogP contribution in [0.1, 0.15) is 18.1 Å².